The Kier molecular flexibility index (Phi) is 4.76. The van der Waals surface area contributed by atoms with Crippen molar-refractivity contribution in [2.75, 3.05) is 5.88 Å². The van der Waals surface area contributed by atoms with Gasteiger partial charge in [-0.3, -0.25) is 0 Å². The molecule has 1 aromatic rings. The van der Waals surface area contributed by atoms with Gasteiger partial charge in [-0.2, -0.15) is 0 Å². The highest BCUT2D eigenvalue weighted by atomic mass is 35.5. The smallest absolute Gasteiger partial charge is 0.191 e. The van der Waals surface area contributed by atoms with Crippen molar-refractivity contribution in [1.82, 2.24) is 4.98 Å². The standard InChI is InChI=1S/C10H16ClNO/c11-7-4-2-1-3-5-9-6-8-12-10(9)13/h6,8,12-13H,1-5,7H2. The Hall–Kier alpha value is -0.630. The molecule has 1 aromatic heterocycles. The molecule has 74 valence electrons. The Morgan fingerprint density at radius 3 is 2.62 bits per heavy atom. The monoisotopic (exact) mass is 201 g/mol. The molecule has 0 aliphatic rings. The highest BCUT2D eigenvalue weighted by molar-refractivity contribution is 6.17. The molecule has 2 nitrogen and oxygen atoms in total. The number of nitrogens with one attached hydrogen (secondary N) is 1. The van der Waals surface area contributed by atoms with E-state index in [4.69, 9.17) is 11.6 Å². The number of H-pyrrole nitrogens is 1. The van der Waals surface area contributed by atoms with Crippen molar-refractivity contribution in [2.45, 2.75) is 32.1 Å². The summed E-state index contributed by atoms with van der Waals surface area (Å²) in [4.78, 5) is 2.76. The first kappa shape index (κ1) is 10.5. The maximum absolute atomic E-state index is 9.28. The zero-order valence-corrected chi connectivity index (χ0v) is 8.48. The lowest BCUT2D eigenvalue weighted by atomic mass is 10.1. The van der Waals surface area contributed by atoms with Gasteiger partial charge in [-0.25, -0.2) is 0 Å². The topological polar surface area (TPSA) is 36.0 Å². The fraction of sp³-hybridized carbons (Fsp3) is 0.600. The highest BCUT2D eigenvalue weighted by Crippen LogP contribution is 2.16. The largest absolute Gasteiger partial charge is 0.494 e. The van der Waals surface area contributed by atoms with Gasteiger partial charge < -0.3 is 10.1 Å². The molecule has 13 heavy (non-hydrogen) atoms. The van der Waals surface area contributed by atoms with Gasteiger partial charge in [0.25, 0.3) is 0 Å². The van der Waals surface area contributed by atoms with Gasteiger partial charge in [-0.05, 0) is 25.3 Å². The fourth-order valence-electron chi connectivity index (χ4n) is 1.36. The van der Waals surface area contributed by atoms with Crippen molar-refractivity contribution in [3.05, 3.63) is 17.8 Å². The van der Waals surface area contributed by atoms with Crippen LogP contribution in [0.1, 0.15) is 31.2 Å². The number of hydrogen-bond donors (Lipinski definition) is 2. The first-order valence-corrected chi connectivity index (χ1v) is 5.29. The lowest BCUT2D eigenvalue weighted by Gasteiger charge is -1.98. The van der Waals surface area contributed by atoms with Gasteiger partial charge in [0.2, 0.25) is 0 Å². The molecule has 0 unspecified atom stereocenters. The minimum atomic E-state index is 0.317. The molecule has 0 spiro atoms. The Morgan fingerprint density at radius 2 is 2.00 bits per heavy atom. The van der Waals surface area contributed by atoms with Gasteiger partial charge in [0, 0.05) is 17.6 Å². The summed E-state index contributed by atoms with van der Waals surface area (Å²) in [6, 6.07) is 1.93. The molecule has 2 N–H and O–H groups in total. The molecule has 0 radical (unpaired) electrons. The van der Waals surface area contributed by atoms with Crippen LogP contribution < -0.4 is 0 Å². The Labute approximate surface area is 83.9 Å². The van der Waals surface area contributed by atoms with E-state index >= 15 is 0 Å². The second kappa shape index (κ2) is 5.92. The van der Waals surface area contributed by atoms with E-state index in [2.05, 4.69) is 4.98 Å². The molecule has 0 saturated carbocycles. The minimum absolute atomic E-state index is 0.317. The van der Waals surface area contributed by atoms with Crippen molar-refractivity contribution >= 4 is 11.6 Å². The normalized spacial score (nSPS) is 10.5. The molecule has 0 bridgehead atoms. The summed E-state index contributed by atoms with van der Waals surface area (Å²) in [5.74, 6) is 1.08. The molecule has 0 aliphatic heterocycles. The molecular formula is C10H16ClNO. The summed E-state index contributed by atoms with van der Waals surface area (Å²) in [7, 11) is 0. The van der Waals surface area contributed by atoms with E-state index < -0.39 is 0 Å². The second-order valence-corrected chi connectivity index (χ2v) is 3.58. The number of aromatic nitrogens is 1. The predicted octanol–water partition coefficient (Wildman–Crippen LogP) is 3.06. The number of unbranched alkanes of at least 4 members (excludes halogenated alkanes) is 3. The van der Waals surface area contributed by atoms with Crippen molar-refractivity contribution in [3.63, 3.8) is 0 Å². The number of aromatic hydroxyl groups is 1. The number of aromatic amines is 1. The molecule has 1 heterocycles. The summed E-state index contributed by atoms with van der Waals surface area (Å²) >= 11 is 5.56. The van der Waals surface area contributed by atoms with Crippen molar-refractivity contribution in [2.24, 2.45) is 0 Å². The zero-order valence-electron chi connectivity index (χ0n) is 7.72. The summed E-state index contributed by atoms with van der Waals surface area (Å²) in [5.41, 5.74) is 1.02. The van der Waals surface area contributed by atoms with Crippen LogP contribution in [0.25, 0.3) is 0 Å². The molecule has 3 heteroatoms. The zero-order chi connectivity index (χ0) is 9.52. The van der Waals surface area contributed by atoms with Gasteiger partial charge in [0.1, 0.15) is 0 Å². The van der Waals surface area contributed by atoms with Gasteiger partial charge in [-0.15, -0.1) is 11.6 Å². The van der Waals surface area contributed by atoms with Crippen LogP contribution in [-0.2, 0) is 6.42 Å². The third kappa shape index (κ3) is 3.73. The molecule has 0 aliphatic carbocycles. The summed E-state index contributed by atoms with van der Waals surface area (Å²) < 4.78 is 0. The molecule has 0 aromatic carbocycles. The van der Waals surface area contributed by atoms with Crippen molar-refractivity contribution in [3.8, 4) is 5.88 Å². The number of hydrogen-bond acceptors (Lipinski definition) is 1. The van der Waals surface area contributed by atoms with Gasteiger partial charge in [-0.1, -0.05) is 12.8 Å². The lowest BCUT2D eigenvalue weighted by molar-refractivity contribution is 0.449. The Morgan fingerprint density at radius 1 is 1.23 bits per heavy atom. The molecule has 0 saturated heterocycles. The van der Waals surface area contributed by atoms with Crippen LogP contribution in [0.15, 0.2) is 12.3 Å². The fourth-order valence-corrected chi connectivity index (χ4v) is 1.55. The quantitative estimate of drug-likeness (QED) is 0.539. The molecule has 1 rings (SSSR count). The average molecular weight is 202 g/mol. The van der Waals surface area contributed by atoms with E-state index in [0.29, 0.717) is 5.88 Å². The van der Waals surface area contributed by atoms with Crippen LogP contribution >= 0.6 is 11.6 Å². The molecule has 0 fully saturated rings. The van der Waals surface area contributed by atoms with E-state index in [9.17, 15) is 5.11 Å². The maximum atomic E-state index is 9.28. The van der Waals surface area contributed by atoms with Crippen molar-refractivity contribution in [1.29, 1.82) is 0 Å². The van der Waals surface area contributed by atoms with Gasteiger partial charge in [0.05, 0.1) is 0 Å². The minimum Gasteiger partial charge on any atom is -0.494 e. The summed E-state index contributed by atoms with van der Waals surface area (Å²) in [6.45, 7) is 0. The molecule has 0 atom stereocenters. The van der Waals surface area contributed by atoms with Gasteiger partial charge in [0.15, 0.2) is 5.88 Å². The van der Waals surface area contributed by atoms with E-state index in [1.807, 2.05) is 6.07 Å². The third-order valence-corrected chi connectivity index (χ3v) is 2.41. The number of alkyl halides is 1. The van der Waals surface area contributed by atoms with Crippen molar-refractivity contribution < 1.29 is 5.11 Å². The Bertz CT molecular complexity index is 235. The average Bonchev–Trinajstić information content (AvgIpc) is 2.52. The second-order valence-electron chi connectivity index (χ2n) is 3.20. The SMILES string of the molecule is Oc1[nH]ccc1CCCCCCCl. The van der Waals surface area contributed by atoms with Crippen LogP contribution in [0.4, 0.5) is 0 Å². The first-order valence-electron chi connectivity index (χ1n) is 4.76. The molecular weight excluding hydrogens is 186 g/mol. The lowest BCUT2D eigenvalue weighted by Crippen LogP contribution is -1.84. The summed E-state index contributed by atoms with van der Waals surface area (Å²) in [6.07, 6.45) is 7.33. The number of aryl methyl sites for hydroxylation is 1. The first-order chi connectivity index (χ1) is 6.34. The van der Waals surface area contributed by atoms with Gasteiger partial charge >= 0.3 is 0 Å². The van der Waals surface area contributed by atoms with E-state index in [1.54, 1.807) is 6.20 Å². The van der Waals surface area contributed by atoms with E-state index in [1.165, 1.54) is 12.8 Å². The maximum Gasteiger partial charge on any atom is 0.191 e. The Balaban J connectivity index is 2.10. The third-order valence-electron chi connectivity index (χ3n) is 2.14. The van der Waals surface area contributed by atoms with Crippen LogP contribution in [0.5, 0.6) is 5.88 Å². The highest BCUT2D eigenvalue weighted by Gasteiger charge is 2.00. The summed E-state index contributed by atoms with van der Waals surface area (Å²) in [5, 5.41) is 9.28. The van der Waals surface area contributed by atoms with Crippen LogP contribution in [0.2, 0.25) is 0 Å². The van der Waals surface area contributed by atoms with Crippen LogP contribution in [0, 0.1) is 0 Å². The van der Waals surface area contributed by atoms with E-state index in [-0.39, 0.29) is 0 Å². The predicted molar refractivity (Wildman–Crippen MR) is 55.3 cm³/mol. The van der Waals surface area contributed by atoms with Crippen LogP contribution in [0.3, 0.4) is 0 Å². The van der Waals surface area contributed by atoms with Crippen LogP contribution in [-0.4, -0.2) is 16.0 Å². The number of rotatable bonds is 6. The van der Waals surface area contributed by atoms with E-state index in [0.717, 1.165) is 30.7 Å². The number of halogens is 1. The molecule has 0 amide bonds.